The fourth-order valence-corrected chi connectivity index (χ4v) is 4.27. The van der Waals surface area contributed by atoms with Gasteiger partial charge in [-0.05, 0) is 25.2 Å². The van der Waals surface area contributed by atoms with Gasteiger partial charge in [0.2, 0.25) is 5.91 Å². The molecule has 2 unspecified atom stereocenters. The summed E-state index contributed by atoms with van der Waals surface area (Å²) in [4.78, 5) is 11.5. The van der Waals surface area contributed by atoms with Crippen LogP contribution in [-0.4, -0.2) is 32.4 Å². The maximum atomic E-state index is 11.5. The van der Waals surface area contributed by atoms with E-state index in [1.165, 1.54) is 0 Å². The Labute approximate surface area is 84.0 Å². The van der Waals surface area contributed by atoms with E-state index in [1.807, 2.05) is 0 Å². The average molecular weight is 217 g/mol. The van der Waals surface area contributed by atoms with Crippen LogP contribution in [0.4, 0.5) is 0 Å². The Morgan fingerprint density at radius 1 is 1.29 bits per heavy atom. The van der Waals surface area contributed by atoms with E-state index in [-0.39, 0.29) is 29.2 Å². The zero-order valence-electron chi connectivity index (χ0n) is 8.03. The zero-order chi connectivity index (χ0) is 10.2. The summed E-state index contributed by atoms with van der Waals surface area (Å²) >= 11 is 0. The van der Waals surface area contributed by atoms with Crippen LogP contribution < -0.4 is 5.32 Å². The van der Waals surface area contributed by atoms with Crippen molar-refractivity contribution < 1.29 is 13.2 Å². The third-order valence-corrected chi connectivity index (χ3v) is 4.96. The third kappa shape index (κ3) is 1.92. The average Bonchev–Trinajstić information content (AvgIpc) is 2.47. The van der Waals surface area contributed by atoms with E-state index in [1.54, 1.807) is 0 Å². The molecule has 2 rings (SSSR count). The minimum atomic E-state index is -2.85. The zero-order valence-corrected chi connectivity index (χ0v) is 8.85. The van der Waals surface area contributed by atoms with Crippen molar-refractivity contribution in [2.75, 3.05) is 18.1 Å². The predicted molar refractivity (Wildman–Crippen MR) is 52.5 cm³/mol. The maximum absolute atomic E-state index is 11.5. The normalized spacial score (nSPS) is 36.7. The second-order valence-electron chi connectivity index (χ2n) is 4.20. The van der Waals surface area contributed by atoms with Crippen LogP contribution >= 0.6 is 0 Å². The van der Waals surface area contributed by atoms with Crippen LogP contribution in [0.3, 0.4) is 0 Å². The molecular weight excluding hydrogens is 202 g/mol. The summed E-state index contributed by atoms with van der Waals surface area (Å²) in [5, 5.41) is 2.80. The van der Waals surface area contributed by atoms with Crippen LogP contribution in [-0.2, 0) is 14.6 Å². The monoisotopic (exact) mass is 217 g/mol. The summed E-state index contributed by atoms with van der Waals surface area (Å²) in [5.41, 5.74) is 0. The topological polar surface area (TPSA) is 63.2 Å². The van der Waals surface area contributed by atoms with Gasteiger partial charge < -0.3 is 5.32 Å². The summed E-state index contributed by atoms with van der Waals surface area (Å²) in [6, 6.07) is 0. The Morgan fingerprint density at radius 2 is 2.07 bits per heavy atom. The van der Waals surface area contributed by atoms with Gasteiger partial charge in [0.05, 0.1) is 11.5 Å². The van der Waals surface area contributed by atoms with E-state index in [0.717, 1.165) is 19.4 Å². The largest absolute Gasteiger partial charge is 0.356 e. The van der Waals surface area contributed by atoms with Crippen LogP contribution in [0.5, 0.6) is 0 Å². The number of rotatable bonds is 1. The van der Waals surface area contributed by atoms with Crippen molar-refractivity contribution in [1.82, 2.24) is 5.32 Å². The minimum Gasteiger partial charge on any atom is -0.356 e. The molecule has 0 aliphatic carbocycles. The number of sulfone groups is 1. The molecule has 80 valence electrons. The summed E-state index contributed by atoms with van der Waals surface area (Å²) in [6.07, 6.45) is 2.50. The predicted octanol–water partition coefficient (Wildman–Crippen LogP) is -0.0527. The first-order valence-electron chi connectivity index (χ1n) is 5.07. The molecular formula is C9H15NO3S. The fraction of sp³-hybridized carbons (Fsp3) is 0.889. The minimum absolute atomic E-state index is 0.0540. The smallest absolute Gasteiger partial charge is 0.223 e. The van der Waals surface area contributed by atoms with Gasteiger partial charge in [0.1, 0.15) is 0 Å². The molecule has 0 spiro atoms. The molecule has 0 saturated carbocycles. The van der Waals surface area contributed by atoms with E-state index in [0.29, 0.717) is 6.42 Å². The van der Waals surface area contributed by atoms with Crippen molar-refractivity contribution in [3.63, 3.8) is 0 Å². The van der Waals surface area contributed by atoms with Gasteiger partial charge in [0, 0.05) is 12.5 Å². The van der Waals surface area contributed by atoms with Gasteiger partial charge in [-0.15, -0.1) is 0 Å². The molecule has 2 aliphatic rings. The molecule has 0 aromatic carbocycles. The molecule has 4 nitrogen and oxygen atoms in total. The van der Waals surface area contributed by atoms with Crippen LogP contribution in [0.1, 0.15) is 19.3 Å². The summed E-state index contributed by atoms with van der Waals surface area (Å²) in [5.74, 6) is 0.548. The number of amides is 1. The molecule has 2 fully saturated rings. The van der Waals surface area contributed by atoms with Crippen LogP contribution in [0, 0.1) is 11.8 Å². The SMILES string of the molecule is O=C1NCCCC1C1CCS(=O)(=O)C1. The van der Waals surface area contributed by atoms with Crippen molar-refractivity contribution >= 4 is 15.7 Å². The Hall–Kier alpha value is -0.580. The Morgan fingerprint density at radius 3 is 2.64 bits per heavy atom. The van der Waals surface area contributed by atoms with Gasteiger partial charge in [-0.2, -0.15) is 0 Å². The molecule has 5 heteroatoms. The van der Waals surface area contributed by atoms with E-state index < -0.39 is 9.84 Å². The third-order valence-electron chi connectivity index (χ3n) is 3.16. The molecule has 2 heterocycles. The lowest BCUT2D eigenvalue weighted by atomic mass is 9.85. The van der Waals surface area contributed by atoms with E-state index in [2.05, 4.69) is 5.32 Å². The van der Waals surface area contributed by atoms with Crippen molar-refractivity contribution in [3.8, 4) is 0 Å². The van der Waals surface area contributed by atoms with Crippen molar-refractivity contribution in [1.29, 1.82) is 0 Å². The van der Waals surface area contributed by atoms with E-state index in [9.17, 15) is 13.2 Å². The number of carbonyl (C=O) groups excluding carboxylic acids is 1. The second-order valence-corrected chi connectivity index (χ2v) is 6.43. The molecule has 0 aromatic rings. The van der Waals surface area contributed by atoms with Gasteiger partial charge in [-0.3, -0.25) is 4.79 Å². The first-order chi connectivity index (χ1) is 6.58. The van der Waals surface area contributed by atoms with E-state index >= 15 is 0 Å². The molecule has 1 N–H and O–H groups in total. The quantitative estimate of drug-likeness (QED) is 0.669. The molecule has 1 amide bonds. The highest BCUT2D eigenvalue weighted by molar-refractivity contribution is 7.91. The molecule has 0 radical (unpaired) electrons. The first-order valence-corrected chi connectivity index (χ1v) is 6.89. The molecule has 2 atom stereocenters. The van der Waals surface area contributed by atoms with Crippen LogP contribution in [0.15, 0.2) is 0 Å². The van der Waals surface area contributed by atoms with Crippen molar-refractivity contribution in [3.05, 3.63) is 0 Å². The van der Waals surface area contributed by atoms with Gasteiger partial charge in [0.15, 0.2) is 9.84 Å². The standard InChI is InChI=1S/C9H15NO3S/c11-9-8(2-1-4-10-9)7-3-5-14(12,13)6-7/h7-8H,1-6H2,(H,10,11). The number of nitrogens with one attached hydrogen (secondary N) is 1. The summed E-state index contributed by atoms with van der Waals surface area (Å²) < 4.78 is 22.5. The Balaban J connectivity index is 2.05. The van der Waals surface area contributed by atoms with E-state index in [4.69, 9.17) is 0 Å². The molecule has 0 bridgehead atoms. The highest BCUT2D eigenvalue weighted by Crippen LogP contribution is 2.30. The van der Waals surface area contributed by atoms with Crippen LogP contribution in [0.25, 0.3) is 0 Å². The van der Waals surface area contributed by atoms with Crippen LogP contribution in [0.2, 0.25) is 0 Å². The molecule has 0 aromatic heterocycles. The fourth-order valence-electron chi connectivity index (χ4n) is 2.39. The maximum Gasteiger partial charge on any atom is 0.223 e. The number of carbonyl (C=O) groups is 1. The van der Waals surface area contributed by atoms with Gasteiger partial charge >= 0.3 is 0 Å². The molecule has 2 saturated heterocycles. The summed E-state index contributed by atoms with van der Waals surface area (Å²) in [7, 11) is -2.85. The lowest BCUT2D eigenvalue weighted by molar-refractivity contribution is -0.128. The van der Waals surface area contributed by atoms with Crippen molar-refractivity contribution in [2.45, 2.75) is 19.3 Å². The first kappa shape index (κ1) is 9.96. The van der Waals surface area contributed by atoms with Gasteiger partial charge in [0.25, 0.3) is 0 Å². The highest BCUT2D eigenvalue weighted by Gasteiger charge is 2.37. The number of piperidine rings is 1. The Bertz CT molecular complexity index is 336. The van der Waals surface area contributed by atoms with Crippen molar-refractivity contribution in [2.24, 2.45) is 11.8 Å². The number of hydrogen-bond donors (Lipinski definition) is 1. The molecule has 14 heavy (non-hydrogen) atoms. The number of hydrogen-bond acceptors (Lipinski definition) is 3. The summed E-state index contributed by atoms with van der Waals surface area (Å²) in [6.45, 7) is 0.745. The van der Waals surface area contributed by atoms with Gasteiger partial charge in [-0.1, -0.05) is 0 Å². The lowest BCUT2D eigenvalue weighted by Crippen LogP contribution is -2.40. The van der Waals surface area contributed by atoms with Gasteiger partial charge in [-0.25, -0.2) is 8.42 Å². The highest BCUT2D eigenvalue weighted by atomic mass is 32.2. The lowest BCUT2D eigenvalue weighted by Gasteiger charge is -2.25. The molecule has 2 aliphatic heterocycles. The second kappa shape index (κ2) is 3.53. The Kier molecular flexibility index (Phi) is 2.51.